The standard InChI is InChI=1S/C12H14BrNO3/c1-3-5-17-12-7-10(13)9(8-14-15)6-11(12)16-4-2/h3,6-8,15H,1,4-5H2,2H3. The van der Waals surface area contributed by atoms with E-state index < -0.39 is 0 Å². The number of oxime groups is 1. The fraction of sp³-hybridized carbons (Fsp3) is 0.250. The maximum atomic E-state index is 8.54. The largest absolute Gasteiger partial charge is 0.490 e. The average molecular weight is 300 g/mol. The monoisotopic (exact) mass is 299 g/mol. The molecule has 1 aromatic carbocycles. The Morgan fingerprint density at radius 1 is 1.41 bits per heavy atom. The van der Waals surface area contributed by atoms with Gasteiger partial charge in [0.1, 0.15) is 6.61 Å². The fourth-order valence-electron chi connectivity index (χ4n) is 1.24. The van der Waals surface area contributed by atoms with Gasteiger partial charge >= 0.3 is 0 Å². The lowest BCUT2D eigenvalue weighted by atomic mass is 10.2. The van der Waals surface area contributed by atoms with Crippen molar-refractivity contribution >= 4 is 22.1 Å². The van der Waals surface area contributed by atoms with Crippen molar-refractivity contribution in [2.45, 2.75) is 6.92 Å². The molecule has 0 radical (unpaired) electrons. The summed E-state index contributed by atoms with van der Waals surface area (Å²) in [5.41, 5.74) is 0.710. The van der Waals surface area contributed by atoms with E-state index in [9.17, 15) is 0 Å². The lowest BCUT2D eigenvalue weighted by molar-refractivity contribution is 0.296. The molecule has 0 bridgehead atoms. The molecule has 4 nitrogen and oxygen atoms in total. The van der Waals surface area contributed by atoms with Crippen LogP contribution in [0.15, 0.2) is 34.4 Å². The van der Waals surface area contributed by atoms with Crippen LogP contribution >= 0.6 is 15.9 Å². The van der Waals surface area contributed by atoms with E-state index in [2.05, 4.69) is 27.7 Å². The van der Waals surface area contributed by atoms with Gasteiger partial charge in [0.25, 0.3) is 0 Å². The van der Waals surface area contributed by atoms with Crippen LogP contribution in [0.1, 0.15) is 12.5 Å². The van der Waals surface area contributed by atoms with Gasteiger partial charge in [0.05, 0.1) is 12.8 Å². The molecule has 0 aliphatic rings. The molecule has 5 heteroatoms. The van der Waals surface area contributed by atoms with Crippen molar-refractivity contribution in [3.8, 4) is 11.5 Å². The number of hydrogen-bond donors (Lipinski definition) is 1. The summed E-state index contributed by atoms with van der Waals surface area (Å²) in [4.78, 5) is 0. The van der Waals surface area contributed by atoms with Crippen LogP contribution in [0.4, 0.5) is 0 Å². The van der Waals surface area contributed by atoms with Gasteiger partial charge in [0.15, 0.2) is 11.5 Å². The molecule has 0 aliphatic heterocycles. The number of nitrogens with zero attached hydrogens (tertiary/aromatic N) is 1. The molecule has 0 unspecified atom stereocenters. The smallest absolute Gasteiger partial charge is 0.162 e. The van der Waals surface area contributed by atoms with Gasteiger partial charge in [-0.1, -0.05) is 17.8 Å². The van der Waals surface area contributed by atoms with E-state index in [1.165, 1.54) is 6.21 Å². The Hall–Kier alpha value is -1.49. The van der Waals surface area contributed by atoms with E-state index in [0.29, 0.717) is 30.3 Å². The first kappa shape index (κ1) is 13.6. The van der Waals surface area contributed by atoms with Gasteiger partial charge in [-0.3, -0.25) is 0 Å². The van der Waals surface area contributed by atoms with E-state index in [1.54, 1.807) is 18.2 Å². The Balaban J connectivity index is 3.10. The van der Waals surface area contributed by atoms with Crippen LogP contribution in [-0.4, -0.2) is 24.6 Å². The van der Waals surface area contributed by atoms with Crippen LogP contribution in [0.3, 0.4) is 0 Å². The molecule has 17 heavy (non-hydrogen) atoms. The molecule has 0 spiro atoms. The van der Waals surface area contributed by atoms with Gasteiger partial charge in [-0.25, -0.2) is 0 Å². The van der Waals surface area contributed by atoms with Crippen molar-refractivity contribution in [1.29, 1.82) is 0 Å². The summed E-state index contributed by atoms with van der Waals surface area (Å²) in [6.45, 7) is 6.41. The Bertz CT molecular complexity index is 418. The van der Waals surface area contributed by atoms with Crippen molar-refractivity contribution in [2.75, 3.05) is 13.2 Å². The summed E-state index contributed by atoms with van der Waals surface area (Å²) < 4.78 is 11.7. The molecule has 1 N–H and O–H groups in total. The number of benzene rings is 1. The van der Waals surface area contributed by atoms with Crippen molar-refractivity contribution in [1.82, 2.24) is 0 Å². The zero-order chi connectivity index (χ0) is 12.7. The quantitative estimate of drug-likeness (QED) is 0.380. The predicted octanol–water partition coefficient (Wildman–Crippen LogP) is 3.22. The highest BCUT2D eigenvalue weighted by molar-refractivity contribution is 9.10. The van der Waals surface area contributed by atoms with Crippen LogP contribution in [0.2, 0.25) is 0 Å². The lowest BCUT2D eigenvalue weighted by Crippen LogP contribution is -2.00. The maximum absolute atomic E-state index is 8.54. The average Bonchev–Trinajstić information content (AvgIpc) is 2.32. The molecule has 0 fully saturated rings. The predicted molar refractivity (Wildman–Crippen MR) is 70.4 cm³/mol. The Labute approximate surface area is 109 Å². The van der Waals surface area contributed by atoms with Gasteiger partial charge in [0.2, 0.25) is 0 Å². The summed E-state index contributed by atoms with van der Waals surface area (Å²) in [6, 6.07) is 3.51. The van der Waals surface area contributed by atoms with Crippen LogP contribution in [0.25, 0.3) is 0 Å². The second-order valence-corrected chi connectivity index (χ2v) is 3.95. The minimum atomic E-state index is 0.403. The van der Waals surface area contributed by atoms with Crippen LogP contribution in [0.5, 0.6) is 11.5 Å². The molecule has 0 saturated carbocycles. The SMILES string of the molecule is C=CCOc1cc(Br)c(C=NO)cc1OCC. The summed E-state index contributed by atoms with van der Waals surface area (Å²) in [6.07, 6.45) is 2.98. The van der Waals surface area contributed by atoms with E-state index in [1.807, 2.05) is 6.92 Å². The summed E-state index contributed by atoms with van der Waals surface area (Å²) >= 11 is 3.36. The first-order valence-electron chi connectivity index (χ1n) is 5.10. The van der Waals surface area contributed by atoms with Crippen molar-refractivity contribution in [3.05, 3.63) is 34.8 Å². The zero-order valence-electron chi connectivity index (χ0n) is 9.52. The third-order valence-corrected chi connectivity index (χ3v) is 2.60. The summed E-state index contributed by atoms with van der Waals surface area (Å²) in [5.74, 6) is 1.22. The molecule has 0 heterocycles. The number of rotatable bonds is 6. The first-order chi connectivity index (χ1) is 8.22. The van der Waals surface area contributed by atoms with Crippen molar-refractivity contribution in [2.24, 2.45) is 5.16 Å². The highest BCUT2D eigenvalue weighted by atomic mass is 79.9. The van der Waals surface area contributed by atoms with Gasteiger partial charge in [0, 0.05) is 10.0 Å². The molecular weight excluding hydrogens is 286 g/mol. The molecular formula is C12H14BrNO3. The minimum absolute atomic E-state index is 0.403. The number of halogens is 1. The normalized spacial score (nSPS) is 10.5. The van der Waals surface area contributed by atoms with Gasteiger partial charge in [-0.15, -0.1) is 0 Å². The fourth-order valence-corrected chi connectivity index (χ4v) is 1.67. The molecule has 0 aromatic heterocycles. The van der Waals surface area contributed by atoms with Crippen molar-refractivity contribution < 1.29 is 14.7 Å². The third-order valence-electron chi connectivity index (χ3n) is 1.92. The molecule has 0 aliphatic carbocycles. The van der Waals surface area contributed by atoms with E-state index in [4.69, 9.17) is 14.7 Å². The lowest BCUT2D eigenvalue weighted by Gasteiger charge is -2.12. The summed E-state index contributed by atoms with van der Waals surface area (Å²) in [5, 5.41) is 11.5. The van der Waals surface area contributed by atoms with E-state index >= 15 is 0 Å². The number of ether oxygens (including phenoxy) is 2. The van der Waals surface area contributed by atoms with Crippen LogP contribution in [0, 0.1) is 0 Å². The zero-order valence-corrected chi connectivity index (χ0v) is 11.1. The Morgan fingerprint density at radius 3 is 2.71 bits per heavy atom. The molecule has 92 valence electrons. The van der Waals surface area contributed by atoms with Gasteiger partial charge in [-0.05, 0) is 35.0 Å². The highest BCUT2D eigenvalue weighted by Gasteiger charge is 2.09. The minimum Gasteiger partial charge on any atom is -0.490 e. The van der Waals surface area contributed by atoms with Gasteiger partial charge in [-0.2, -0.15) is 0 Å². The molecule has 0 amide bonds. The van der Waals surface area contributed by atoms with E-state index in [0.717, 1.165) is 4.47 Å². The molecule has 1 aromatic rings. The Kier molecular flexibility index (Phi) is 5.56. The third kappa shape index (κ3) is 3.78. The second kappa shape index (κ2) is 6.96. The molecule has 1 rings (SSSR count). The summed E-state index contributed by atoms with van der Waals surface area (Å²) in [7, 11) is 0. The maximum Gasteiger partial charge on any atom is 0.162 e. The molecule has 0 atom stereocenters. The topological polar surface area (TPSA) is 51.0 Å². The van der Waals surface area contributed by atoms with Crippen LogP contribution < -0.4 is 9.47 Å². The van der Waals surface area contributed by atoms with E-state index in [-0.39, 0.29) is 0 Å². The Morgan fingerprint density at radius 2 is 2.12 bits per heavy atom. The molecule has 0 saturated heterocycles. The highest BCUT2D eigenvalue weighted by Crippen LogP contribution is 2.33. The first-order valence-corrected chi connectivity index (χ1v) is 5.89. The van der Waals surface area contributed by atoms with Crippen molar-refractivity contribution in [3.63, 3.8) is 0 Å². The second-order valence-electron chi connectivity index (χ2n) is 3.10. The van der Waals surface area contributed by atoms with Crippen LogP contribution in [-0.2, 0) is 0 Å². The van der Waals surface area contributed by atoms with Gasteiger partial charge < -0.3 is 14.7 Å². The number of hydrogen-bond acceptors (Lipinski definition) is 4.